The third-order valence-corrected chi connectivity index (χ3v) is 5.35. The van der Waals surface area contributed by atoms with Crippen LogP contribution in [0.5, 0.6) is 0 Å². The summed E-state index contributed by atoms with van der Waals surface area (Å²) >= 11 is 5.75. The van der Waals surface area contributed by atoms with Crippen LogP contribution in [0.4, 0.5) is 4.39 Å². The number of rotatable bonds is 6. The van der Waals surface area contributed by atoms with E-state index in [0.717, 1.165) is 0 Å². The zero-order valence-electron chi connectivity index (χ0n) is 12.1. The Morgan fingerprint density at radius 3 is 2.41 bits per heavy atom. The van der Waals surface area contributed by atoms with Crippen molar-refractivity contribution in [2.24, 2.45) is 0 Å². The fraction of sp³-hybridized carbons (Fsp3) is 0.250. The van der Waals surface area contributed by atoms with E-state index in [9.17, 15) is 12.8 Å². The van der Waals surface area contributed by atoms with Crippen LogP contribution in [0.25, 0.3) is 0 Å². The fourth-order valence-corrected chi connectivity index (χ4v) is 3.40. The normalized spacial score (nSPS) is 13.0. The lowest BCUT2D eigenvalue weighted by Crippen LogP contribution is -2.26. The highest BCUT2D eigenvalue weighted by Gasteiger charge is 2.15. The molecular weight excluding hydrogens is 325 g/mol. The van der Waals surface area contributed by atoms with Crippen LogP contribution in [0.15, 0.2) is 53.4 Å². The summed E-state index contributed by atoms with van der Waals surface area (Å²) in [6.07, 6.45) is 0. The largest absolute Gasteiger partial charge is 0.309 e. The highest BCUT2D eigenvalue weighted by Crippen LogP contribution is 2.17. The number of nitrogens with one attached hydrogen (secondary N) is 1. The first-order valence-electron chi connectivity index (χ1n) is 6.86. The van der Waals surface area contributed by atoms with Gasteiger partial charge in [0.15, 0.2) is 9.84 Å². The second-order valence-corrected chi connectivity index (χ2v) is 7.52. The van der Waals surface area contributed by atoms with Gasteiger partial charge in [-0.3, -0.25) is 0 Å². The molecule has 2 aromatic carbocycles. The number of sulfone groups is 1. The van der Waals surface area contributed by atoms with Crippen LogP contribution in [0.3, 0.4) is 0 Å². The smallest absolute Gasteiger partial charge is 0.179 e. The predicted octanol–water partition coefficient (Wildman–Crippen LogP) is 3.60. The van der Waals surface area contributed by atoms with Crippen LogP contribution >= 0.6 is 11.6 Å². The molecule has 6 heteroatoms. The summed E-state index contributed by atoms with van der Waals surface area (Å²) in [5.41, 5.74) is 0.520. The van der Waals surface area contributed by atoms with Crippen LogP contribution in [0, 0.1) is 5.82 Å². The molecule has 0 heterocycles. The lowest BCUT2D eigenvalue weighted by Gasteiger charge is -2.15. The molecule has 0 fully saturated rings. The maximum absolute atomic E-state index is 13.6. The lowest BCUT2D eigenvalue weighted by molar-refractivity contribution is 0.537. The molecule has 1 N–H and O–H groups in total. The summed E-state index contributed by atoms with van der Waals surface area (Å²) in [4.78, 5) is 0.234. The first-order valence-corrected chi connectivity index (χ1v) is 8.89. The molecule has 1 atom stereocenters. The fourth-order valence-electron chi connectivity index (χ4n) is 2.11. The van der Waals surface area contributed by atoms with Gasteiger partial charge in [0.25, 0.3) is 0 Å². The molecule has 0 bridgehead atoms. The second kappa shape index (κ2) is 7.22. The summed E-state index contributed by atoms with van der Waals surface area (Å²) in [5.74, 6) is -0.365. The Balaban J connectivity index is 1.95. The van der Waals surface area contributed by atoms with Crippen molar-refractivity contribution in [3.63, 3.8) is 0 Å². The molecule has 2 aromatic rings. The molecule has 22 heavy (non-hydrogen) atoms. The monoisotopic (exact) mass is 341 g/mol. The minimum Gasteiger partial charge on any atom is -0.309 e. The van der Waals surface area contributed by atoms with E-state index in [2.05, 4.69) is 5.32 Å². The Bertz CT molecular complexity index is 732. The molecule has 0 aromatic heterocycles. The van der Waals surface area contributed by atoms with Crippen molar-refractivity contribution in [3.05, 3.63) is 64.9 Å². The average molecular weight is 342 g/mol. The molecule has 0 saturated heterocycles. The van der Waals surface area contributed by atoms with E-state index in [1.807, 2.05) is 0 Å². The van der Waals surface area contributed by atoms with E-state index in [-0.39, 0.29) is 29.1 Å². The second-order valence-electron chi connectivity index (χ2n) is 4.97. The quantitative estimate of drug-likeness (QED) is 0.873. The highest BCUT2D eigenvalue weighted by atomic mass is 35.5. The van der Waals surface area contributed by atoms with Crippen molar-refractivity contribution in [2.75, 3.05) is 12.3 Å². The van der Waals surface area contributed by atoms with Gasteiger partial charge in [0, 0.05) is 23.2 Å². The van der Waals surface area contributed by atoms with E-state index < -0.39 is 9.84 Å². The van der Waals surface area contributed by atoms with Gasteiger partial charge in [-0.2, -0.15) is 0 Å². The molecule has 0 amide bonds. The SMILES string of the molecule is CC(NCCS(=O)(=O)c1ccc(Cl)cc1)c1ccccc1F. The van der Waals surface area contributed by atoms with Crippen molar-refractivity contribution in [1.29, 1.82) is 0 Å². The summed E-state index contributed by atoms with van der Waals surface area (Å²) in [7, 11) is -3.38. The summed E-state index contributed by atoms with van der Waals surface area (Å²) in [6, 6.07) is 12.2. The Morgan fingerprint density at radius 1 is 1.14 bits per heavy atom. The third kappa shape index (κ3) is 4.29. The summed E-state index contributed by atoms with van der Waals surface area (Å²) in [5, 5.41) is 3.52. The maximum Gasteiger partial charge on any atom is 0.179 e. The predicted molar refractivity (Wildman–Crippen MR) is 86.3 cm³/mol. The van der Waals surface area contributed by atoms with Gasteiger partial charge in [0.1, 0.15) is 5.82 Å². The first kappa shape index (κ1) is 16.9. The van der Waals surface area contributed by atoms with Crippen molar-refractivity contribution in [1.82, 2.24) is 5.32 Å². The lowest BCUT2D eigenvalue weighted by atomic mass is 10.1. The van der Waals surface area contributed by atoms with Gasteiger partial charge in [-0.1, -0.05) is 29.8 Å². The minimum absolute atomic E-state index is 0.0621. The van der Waals surface area contributed by atoms with E-state index in [4.69, 9.17) is 11.6 Å². The number of benzene rings is 2. The van der Waals surface area contributed by atoms with Gasteiger partial charge in [-0.25, -0.2) is 12.8 Å². The van der Waals surface area contributed by atoms with Crippen molar-refractivity contribution in [2.45, 2.75) is 17.9 Å². The Hall–Kier alpha value is -1.43. The number of hydrogen-bond donors (Lipinski definition) is 1. The molecule has 2 rings (SSSR count). The molecular formula is C16H17ClFNO2S. The van der Waals surface area contributed by atoms with E-state index in [1.165, 1.54) is 18.2 Å². The zero-order chi connectivity index (χ0) is 16.2. The van der Waals surface area contributed by atoms with Gasteiger partial charge in [-0.05, 0) is 37.3 Å². The van der Waals surface area contributed by atoms with Gasteiger partial charge in [-0.15, -0.1) is 0 Å². The highest BCUT2D eigenvalue weighted by molar-refractivity contribution is 7.91. The molecule has 0 aliphatic heterocycles. The molecule has 0 spiro atoms. The van der Waals surface area contributed by atoms with Crippen LogP contribution in [0.2, 0.25) is 5.02 Å². The Labute approximate surface area is 135 Å². The molecule has 0 radical (unpaired) electrons. The Kier molecular flexibility index (Phi) is 5.56. The van der Waals surface area contributed by atoms with Gasteiger partial charge < -0.3 is 5.32 Å². The summed E-state index contributed by atoms with van der Waals surface area (Å²) < 4.78 is 38.0. The van der Waals surface area contributed by atoms with Crippen molar-refractivity contribution < 1.29 is 12.8 Å². The van der Waals surface area contributed by atoms with E-state index >= 15 is 0 Å². The van der Waals surface area contributed by atoms with Crippen LogP contribution in [-0.4, -0.2) is 20.7 Å². The molecule has 1 unspecified atom stereocenters. The molecule has 118 valence electrons. The van der Waals surface area contributed by atoms with E-state index in [0.29, 0.717) is 10.6 Å². The average Bonchev–Trinajstić information content (AvgIpc) is 2.48. The minimum atomic E-state index is -3.38. The van der Waals surface area contributed by atoms with Gasteiger partial charge in [0.05, 0.1) is 10.6 Å². The topological polar surface area (TPSA) is 46.2 Å². The van der Waals surface area contributed by atoms with Gasteiger partial charge >= 0.3 is 0 Å². The molecule has 0 aliphatic carbocycles. The third-order valence-electron chi connectivity index (χ3n) is 3.37. The summed E-state index contributed by atoms with van der Waals surface area (Å²) in [6.45, 7) is 2.04. The van der Waals surface area contributed by atoms with Gasteiger partial charge in [0.2, 0.25) is 0 Å². The number of hydrogen-bond acceptors (Lipinski definition) is 3. The molecule has 0 saturated carbocycles. The Morgan fingerprint density at radius 2 is 1.77 bits per heavy atom. The van der Waals surface area contributed by atoms with E-state index in [1.54, 1.807) is 37.3 Å². The number of halogens is 2. The standard InChI is InChI=1S/C16H17ClFNO2S/c1-12(15-4-2-3-5-16(15)18)19-10-11-22(20,21)14-8-6-13(17)7-9-14/h2-9,12,19H,10-11H2,1H3. The zero-order valence-corrected chi connectivity index (χ0v) is 13.7. The van der Waals surface area contributed by atoms with Crippen LogP contribution < -0.4 is 5.32 Å². The molecule has 0 aliphatic rings. The van der Waals surface area contributed by atoms with Crippen molar-refractivity contribution >= 4 is 21.4 Å². The van der Waals surface area contributed by atoms with Crippen LogP contribution in [0.1, 0.15) is 18.5 Å². The molecule has 3 nitrogen and oxygen atoms in total. The maximum atomic E-state index is 13.6. The first-order chi connectivity index (χ1) is 10.4. The van der Waals surface area contributed by atoms with Crippen LogP contribution in [-0.2, 0) is 9.84 Å². The van der Waals surface area contributed by atoms with Crippen molar-refractivity contribution in [3.8, 4) is 0 Å².